The minimum absolute atomic E-state index is 0.0498. The van der Waals surface area contributed by atoms with Gasteiger partial charge in [-0.05, 0) is 19.1 Å². The molecule has 0 unspecified atom stereocenters. The Hall–Kier alpha value is -3.07. The summed E-state index contributed by atoms with van der Waals surface area (Å²) in [6, 6.07) is 3.73. The lowest BCUT2D eigenvalue weighted by atomic mass is 9.84. The van der Waals surface area contributed by atoms with Crippen molar-refractivity contribution in [1.82, 2.24) is 20.0 Å². The number of ether oxygens (including phenoxy) is 1. The number of aromatic nitrogens is 4. The van der Waals surface area contributed by atoms with Gasteiger partial charge in [-0.3, -0.25) is 14.6 Å². The number of hydrogen-bond donors (Lipinski definition) is 2. The maximum absolute atomic E-state index is 12.5. The maximum Gasteiger partial charge on any atom is 0.226 e. The maximum atomic E-state index is 12.5. The zero-order valence-electron chi connectivity index (χ0n) is 15.9. The number of amides is 1. The molecule has 1 amide bonds. The van der Waals surface area contributed by atoms with Crippen molar-refractivity contribution in [3.05, 3.63) is 35.2 Å². The number of carbonyl (C=O) groups is 1. The predicted octanol–water partition coefficient (Wildman–Crippen LogP) is 2.02. The van der Waals surface area contributed by atoms with E-state index in [-0.39, 0.29) is 11.8 Å². The Bertz CT molecular complexity index is 1010. The second-order valence-electron chi connectivity index (χ2n) is 7.19. The minimum atomic E-state index is -0.158. The number of fused-ring (bicyclic) bond motifs is 1. The molecule has 0 aliphatic carbocycles. The van der Waals surface area contributed by atoms with Gasteiger partial charge in [0.15, 0.2) is 11.6 Å². The van der Waals surface area contributed by atoms with Gasteiger partial charge in [-0.25, -0.2) is 0 Å². The summed E-state index contributed by atoms with van der Waals surface area (Å²) in [6.07, 6.45) is 1.97. The fraction of sp³-hybridized carbons (Fsp3) is 0.421. The van der Waals surface area contributed by atoms with E-state index in [1.807, 2.05) is 30.8 Å². The zero-order valence-corrected chi connectivity index (χ0v) is 15.9. The van der Waals surface area contributed by atoms with Crippen molar-refractivity contribution in [2.75, 3.05) is 36.5 Å². The number of rotatable bonds is 3. The number of furan rings is 1. The predicted molar refractivity (Wildman–Crippen MR) is 102 cm³/mol. The highest BCUT2D eigenvalue weighted by molar-refractivity contribution is 5.96. The normalized spacial score (nSPS) is 19.6. The first-order chi connectivity index (χ1) is 13.6. The molecular formula is C19H22N6O3. The SMILES string of the molecule is Cc1nn(C)c(N2CCOCC2)c1[C@@H]1CC(=O)Nc2n[nH]c(-c3ccco3)c21. The number of nitrogens with zero attached hydrogens (tertiary/aromatic N) is 4. The molecule has 9 nitrogen and oxygen atoms in total. The van der Waals surface area contributed by atoms with Crippen LogP contribution in [0.5, 0.6) is 0 Å². The zero-order chi connectivity index (χ0) is 19.3. The van der Waals surface area contributed by atoms with E-state index >= 15 is 0 Å². The van der Waals surface area contributed by atoms with Crippen LogP contribution in [0.15, 0.2) is 22.8 Å². The Morgan fingerprint density at radius 3 is 2.82 bits per heavy atom. The summed E-state index contributed by atoms with van der Waals surface area (Å²) in [5, 5.41) is 15.0. The highest BCUT2D eigenvalue weighted by Crippen LogP contribution is 2.45. The Kier molecular flexibility index (Phi) is 3.97. The van der Waals surface area contributed by atoms with E-state index in [0.717, 1.165) is 41.4 Å². The van der Waals surface area contributed by atoms with Crippen molar-refractivity contribution in [3.8, 4) is 11.5 Å². The van der Waals surface area contributed by atoms with Gasteiger partial charge in [0.05, 0.1) is 25.2 Å². The van der Waals surface area contributed by atoms with Crippen molar-refractivity contribution in [3.63, 3.8) is 0 Å². The molecule has 146 valence electrons. The number of morpholine rings is 1. The summed E-state index contributed by atoms with van der Waals surface area (Å²) in [5.41, 5.74) is 3.72. The van der Waals surface area contributed by atoms with Crippen LogP contribution >= 0.6 is 0 Å². The average Bonchev–Trinajstić information content (AvgIpc) is 3.40. The molecule has 2 aliphatic rings. The van der Waals surface area contributed by atoms with E-state index in [4.69, 9.17) is 9.15 Å². The number of hydrogen-bond acceptors (Lipinski definition) is 6. The topological polar surface area (TPSA) is 101 Å². The summed E-state index contributed by atoms with van der Waals surface area (Å²) >= 11 is 0. The van der Waals surface area contributed by atoms with Crippen LogP contribution in [0.2, 0.25) is 0 Å². The molecule has 0 aromatic carbocycles. The van der Waals surface area contributed by atoms with Crippen LogP contribution in [0.4, 0.5) is 11.6 Å². The third-order valence-electron chi connectivity index (χ3n) is 5.46. The van der Waals surface area contributed by atoms with E-state index in [9.17, 15) is 4.79 Å². The molecule has 3 aromatic rings. The van der Waals surface area contributed by atoms with Gasteiger partial charge in [-0.1, -0.05) is 0 Å². The van der Waals surface area contributed by atoms with E-state index in [0.29, 0.717) is 31.2 Å². The molecule has 1 atom stereocenters. The lowest BCUT2D eigenvalue weighted by Crippen LogP contribution is -2.38. The largest absolute Gasteiger partial charge is 0.463 e. The molecule has 9 heteroatoms. The molecule has 5 heterocycles. The second kappa shape index (κ2) is 6.52. The van der Waals surface area contributed by atoms with E-state index in [1.165, 1.54) is 0 Å². The van der Waals surface area contributed by atoms with Crippen molar-refractivity contribution >= 4 is 17.5 Å². The molecule has 0 saturated carbocycles. The molecule has 2 aliphatic heterocycles. The van der Waals surface area contributed by atoms with E-state index in [1.54, 1.807) is 6.26 Å². The first-order valence-corrected chi connectivity index (χ1v) is 9.41. The Labute approximate surface area is 161 Å². The highest BCUT2D eigenvalue weighted by Gasteiger charge is 2.37. The Morgan fingerprint density at radius 1 is 1.25 bits per heavy atom. The number of nitrogens with one attached hydrogen (secondary N) is 2. The van der Waals surface area contributed by atoms with Crippen molar-refractivity contribution in [2.45, 2.75) is 19.3 Å². The van der Waals surface area contributed by atoms with Crippen molar-refractivity contribution < 1.29 is 13.9 Å². The molecule has 5 rings (SSSR count). The van der Waals surface area contributed by atoms with Gasteiger partial charge in [0, 0.05) is 43.6 Å². The summed E-state index contributed by atoms with van der Waals surface area (Å²) < 4.78 is 13.0. The number of aromatic amines is 1. The molecule has 0 bridgehead atoms. The summed E-state index contributed by atoms with van der Waals surface area (Å²) in [4.78, 5) is 14.8. The molecule has 0 spiro atoms. The van der Waals surface area contributed by atoms with Gasteiger partial charge in [-0.15, -0.1) is 0 Å². The minimum Gasteiger partial charge on any atom is -0.463 e. The smallest absolute Gasteiger partial charge is 0.226 e. The van der Waals surface area contributed by atoms with Crippen LogP contribution in [0, 0.1) is 6.92 Å². The molecule has 3 aromatic heterocycles. The van der Waals surface area contributed by atoms with Crippen LogP contribution in [-0.4, -0.2) is 52.2 Å². The third-order valence-corrected chi connectivity index (χ3v) is 5.46. The van der Waals surface area contributed by atoms with Gasteiger partial charge in [0.2, 0.25) is 5.91 Å². The van der Waals surface area contributed by atoms with Crippen LogP contribution in [0.1, 0.15) is 29.2 Å². The van der Waals surface area contributed by atoms with Crippen LogP contribution in [0.25, 0.3) is 11.5 Å². The Balaban J connectivity index is 1.67. The van der Waals surface area contributed by atoms with Crippen LogP contribution in [-0.2, 0) is 16.6 Å². The van der Waals surface area contributed by atoms with Gasteiger partial charge in [0.25, 0.3) is 0 Å². The lowest BCUT2D eigenvalue weighted by Gasteiger charge is -2.32. The first-order valence-electron chi connectivity index (χ1n) is 9.41. The van der Waals surface area contributed by atoms with E-state index in [2.05, 4.69) is 25.5 Å². The van der Waals surface area contributed by atoms with Crippen LogP contribution < -0.4 is 10.2 Å². The molecule has 1 fully saturated rings. The summed E-state index contributed by atoms with van der Waals surface area (Å²) in [5.74, 6) is 2.09. The Morgan fingerprint density at radius 2 is 2.07 bits per heavy atom. The molecule has 1 saturated heterocycles. The van der Waals surface area contributed by atoms with Gasteiger partial charge >= 0.3 is 0 Å². The standard InChI is InChI=1S/C19H22N6O3/c1-11-15(19(24(2)23-11)25-5-8-27-9-6-25)12-10-14(26)20-18-16(12)17(21-22-18)13-4-3-7-28-13/h3-4,7,12H,5-6,8-10H2,1-2H3,(H2,20,21,22,26)/t12-/m0/s1. The lowest BCUT2D eigenvalue weighted by molar-refractivity contribution is -0.116. The third kappa shape index (κ3) is 2.62. The quantitative estimate of drug-likeness (QED) is 0.719. The molecule has 0 radical (unpaired) electrons. The fourth-order valence-corrected chi connectivity index (χ4v) is 4.33. The summed E-state index contributed by atoms with van der Waals surface area (Å²) in [7, 11) is 1.95. The number of anilines is 2. The first kappa shape index (κ1) is 17.1. The second-order valence-corrected chi connectivity index (χ2v) is 7.19. The van der Waals surface area contributed by atoms with Crippen LogP contribution in [0.3, 0.4) is 0 Å². The molecule has 2 N–H and O–H groups in total. The molecule has 28 heavy (non-hydrogen) atoms. The highest BCUT2D eigenvalue weighted by atomic mass is 16.5. The average molecular weight is 382 g/mol. The number of aryl methyl sites for hydroxylation is 2. The van der Waals surface area contributed by atoms with E-state index < -0.39 is 0 Å². The van der Waals surface area contributed by atoms with Crippen molar-refractivity contribution in [2.24, 2.45) is 7.05 Å². The number of H-pyrrole nitrogens is 1. The van der Waals surface area contributed by atoms with Gasteiger partial charge in [-0.2, -0.15) is 10.2 Å². The van der Waals surface area contributed by atoms with Gasteiger partial charge in [0.1, 0.15) is 11.5 Å². The number of carbonyl (C=O) groups excluding carboxylic acids is 1. The monoisotopic (exact) mass is 382 g/mol. The fourth-order valence-electron chi connectivity index (χ4n) is 4.33. The molecular weight excluding hydrogens is 360 g/mol. The summed E-state index contributed by atoms with van der Waals surface area (Å²) in [6.45, 7) is 4.97. The van der Waals surface area contributed by atoms with Crippen molar-refractivity contribution in [1.29, 1.82) is 0 Å². The van der Waals surface area contributed by atoms with Gasteiger partial charge < -0.3 is 19.4 Å².